The highest BCUT2D eigenvalue weighted by Gasteiger charge is 2.18. The van der Waals surface area contributed by atoms with Gasteiger partial charge < -0.3 is 36.7 Å². The molecule has 1 aromatic heterocycles. The van der Waals surface area contributed by atoms with E-state index in [1.807, 2.05) is 31.2 Å². The summed E-state index contributed by atoms with van der Waals surface area (Å²) in [5, 5.41) is 4.06. The second-order valence-electron chi connectivity index (χ2n) is 6.07. The second kappa shape index (κ2) is 10.5. The van der Waals surface area contributed by atoms with Gasteiger partial charge in [-0.2, -0.15) is 0 Å². The summed E-state index contributed by atoms with van der Waals surface area (Å²) in [6, 6.07) is 11.0. The van der Waals surface area contributed by atoms with Crippen molar-refractivity contribution in [3.63, 3.8) is 0 Å². The molecule has 0 unspecified atom stereocenters. The lowest BCUT2D eigenvalue weighted by atomic mass is 10.1. The predicted molar refractivity (Wildman–Crippen MR) is 112 cm³/mol. The number of nitrogens with zero attached hydrogens (tertiary/aromatic N) is 1. The van der Waals surface area contributed by atoms with Crippen LogP contribution in [-0.2, 0) is 4.74 Å². The first-order valence-corrected chi connectivity index (χ1v) is 9.33. The van der Waals surface area contributed by atoms with E-state index in [1.54, 1.807) is 33.3 Å². The van der Waals surface area contributed by atoms with Gasteiger partial charge in [0.2, 0.25) is 0 Å². The molecule has 0 bridgehead atoms. The van der Waals surface area contributed by atoms with Crippen molar-refractivity contribution in [2.75, 3.05) is 32.8 Å². The number of hydrogen-bond donors (Lipinski definition) is 1. The topological polar surface area (TPSA) is 78.9 Å². The number of carbonyl (C=O) groups excluding carboxylic acids is 1. The Morgan fingerprint density at radius 3 is 2.43 bits per heavy atom. The minimum absolute atomic E-state index is 0. The Bertz CT molecular complexity index is 1030. The van der Waals surface area contributed by atoms with Gasteiger partial charge in [-0.15, -0.1) is 0 Å². The smallest absolute Gasteiger partial charge is 0.341 e. The number of methoxy groups -OCH3 is 2. The minimum Gasteiger partial charge on any atom is -1.00 e. The first-order valence-electron chi connectivity index (χ1n) is 9.33. The van der Waals surface area contributed by atoms with E-state index < -0.39 is 5.97 Å². The largest absolute Gasteiger partial charge is 1.00 e. The fourth-order valence-corrected chi connectivity index (χ4v) is 2.98. The Morgan fingerprint density at radius 1 is 1.00 bits per heavy atom. The molecule has 0 atom stereocenters. The number of fused-ring (bicyclic) bond motifs is 1. The van der Waals surface area contributed by atoms with Gasteiger partial charge in [-0.25, -0.2) is 4.79 Å². The third-order valence-corrected chi connectivity index (χ3v) is 4.30. The highest BCUT2D eigenvalue weighted by molar-refractivity contribution is 6.06. The lowest BCUT2D eigenvalue weighted by Gasteiger charge is -2.16. The zero-order valence-electron chi connectivity index (χ0n) is 17.3. The Balaban J connectivity index is 0.00000320. The molecule has 3 rings (SSSR count). The zero-order valence-corrected chi connectivity index (χ0v) is 18.1. The summed E-state index contributed by atoms with van der Waals surface area (Å²) in [7, 11) is 3.15. The minimum atomic E-state index is -0.452. The number of rotatable bonds is 8. The van der Waals surface area contributed by atoms with Crippen LogP contribution in [0.1, 0.15) is 24.2 Å². The average Bonchev–Trinajstić information content (AvgIpc) is 2.74. The maximum atomic E-state index is 12.6. The quantitative estimate of drug-likeness (QED) is 0.542. The Hall–Kier alpha value is -3.19. The van der Waals surface area contributed by atoms with E-state index in [1.165, 1.54) is 6.20 Å². The van der Waals surface area contributed by atoms with E-state index in [-0.39, 0.29) is 19.0 Å². The third-order valence-electron chi connectivity index (χ3n) is 4.30. The zero-order chi connectivity index (χ0) is 20.8. The van der Waals surface area contributed by atoms with Gasteiger partial charge in [-0.1, -0.05) is 0 Å². The van der Waals surface area contributed by atoms with Gasteiger partial charge in [0.25, 0.3) is 0 Å². The average molecular weight is 432 g/mol. The normalized spacial score (nSPS) is 10.1. The number of aromatic nitrogens is 1. The molecule has 8 heteroatoms. The molecule has 0 saturated carbocycles. The van der Waals surface area contributed by atoms with Crippen molar-refractivity contribution in [2.24, 2.45) is 0 Å². The number of halogens is 1. The summed E-state index contributed by atoms with van der Waals surface area (Å²) in [4.78, 5) is 17.0. The van der Waals surface area contributed by atoms with Crippen LogP contribution in [0.2, 0.25) is 0 Å². The van der Waals surface area contributed by atoms with Crippen molar-refractivity contribution in [3.8, 4) is 17.2 Å². The summed E-state index contributed by atoms with van der Waals surface area (Å²) < 4.78 is 21.5. The third kappa shape index (κ3) is 4.86. The fraction of sp³-hybridized carbons (Fsp3) is 0.273. The molecule has 0 aliphatic rings. The number of pyridine rings is 1. The molecule has 2 aromatic carbocycles. The highest BCUT2D eigenvalue weighted by atomic mass is 35.5. The Morgan fingerprint density at radius 2 is 1.77 bits per heavy atom. The summed E-state index contributed by atoms with van der Waals surface area (Å²) >= 11 is 0. The lowest BCUT2D eigenvalue weighted by molar-refractivity contribution is -0.0000251. The number of anilines is 2. The van der Waals surface area contributed by atoms with Gasteiger partial charge >= 0.3 is 5.97 Å². The number of esters is 1. The molecule has 0 fully saturated rings. The summed E-state index contributed by atoms with van der Waals surface area (Å²) in [6.07, 6.45) is 1.52. The van der Waals surface area contributed by atoms with Gasteiger partial charge in [0.05, 0.1) is 38.6 Å². The van der Waals surface area contributed by atoms with Crippen molar-refractivity contribution in [1.82, 2.24) is 4.98 Å². The molecule has 160 valence electrons. The second-order valence-corrected chi connectivity index (χ2v) is 6.07. The highest BCUT2D eigenvalue weighted by Crippen LogP contribution is 2.35. The van der Waals surface area contributed by atoms with E-state index >= 15 is 0 Å². The number of carbonyl (C=O) groups is 1. The van der Waals surface area contributed by atoms with Gasteiger partial charge in [0.1, 0.15) is 11.3 Å². The number of ether oxygens (including phenoxy) is 4. The summed E-state index contributed by atoms with van der Waals surface area (Å²) in [5.41, 5.74) is 2.37. The van der Waals surface area contributed by atoms with Crippen LogP contribution in [0.3, 0.4) is 0 Å². The molecule has 0 spiro atoms. The fourth-order valence-electron chi connectivity index (χ4n) is 2.98. The summed E-state index contributed by atoms with van der Waals surface area (Å²) in [5.74, 6) is 1.43. The molecule has 1 heterocycles. The molecule has 0 aliphatic carbocycles. The van der Waals surface area contributed by atoms with Crippen LogP contribution in [0.25, 0.3) is 10.9 Å². The molecular formula is C22H24ClN2O5-. The number of nitrogens with one attached hydrogen (secondary N) is 1. The van der Waals surface area contributed by atoms with E-state index in [4.69, 9.17) is 18.9 Å². The van der Waals surface area contributed by atoms with Gasteiger partial charge in [-0.05, 0) is 44.2 Å². The van der Waals surface area contributed by atoms with Crippen molar-refractivity contribution in [1.29, 1.82) is 0 Å². The van der Waals surface area contributed by atoms with Crippen molar-refractivity contribution < 1.29 is 36.1 Å². The van der Waals surface area contributed by atoms with Crippen LogP contribution in [0.15, 0.2) is 42.6 Å². The van der Waals surface area contributed by atoms with Crippen LogP contribution in [0.4, 0.5) is 11.4 Å². The number of benzene rings is 2. The lowest BCUT2D eigenvalue weighted by Crippen LogP contribution is -3.00. The molecule has 0 aliphatic heterocycles. The van der Waals surface area contributed by atoms with E-state index in [2.05, 4.69) is 10.3 Å². The molecule has 0 amide bonds. The van der Waals surface area contributed by atoms with Crippen LogP contribution in [0, 0.1) is 0 Å². The van der Waals surface area contributed by atoms with Crippen LogP contribution < -0.4 is 31.9 Å². The van der Waals surface area contributed by atoms with Crippen LogP contribution in [-0.4, -0.2) is 38.4 Å². The van der Waals surface area contributed by atoms with Gasteiger partial charge in [0, 0.05) is 23.3 Å². The predicted octanol–water partition coefficient (Wildman–Crippen LogP) is 1.57. The SMILES string of the molecule is CCOC(=O)c1cnc2ccc(OCC)cc2c1Nc1ccc(OC)c(OC)c1.[Cl-]. The van der Waals surface area contributed by atoms with Gasteiger partial charge in [0.15, 0.2) is 11.5 Å². The molecule has 3 aromatic rings. The standard InChI is InChI=1S/C22H24N2O5.ClH/c1-5-28-15-8-9-18-16(12-15)21(17(13-23-18)22(25)29-6-2)24-14-7-10-19(26-3)20(11-14)27-4;/h7-13H,5-6H2,1-4H3,(H,23,24);1H/p-1. The molecule has 7 nitrogen and oxygen atoms in total. The first kappa shape index (κ1) is 23.1. The maximum absolute atomic E-state index is 12.6. The Labute approximate surface area is 181 Å². The van der Waals surface area contributed by atoms with Crippen molar-refractivity contribution in [2.45, 2.75) is 13.8 Å². The Kier molecular flexibility index (Phi) is 8.12. The monoisotopic (exact) mass is 431 g/mol. The number of hydrogen-bond acceptors (Lipinski definition) is 7. The van der Waals surface area contributed by atoms with Crippen LogP contribution >= 0.6 is 0 Å². The van der Waals surface area contributed by atoms with Gasteiger partial charge in [-0.3, -0.25) is 4.98 Å². The molecule has 0 saturated heterocycles. The van der Waals surface area contributed by atoms with E-state index in [0.717, 1.165) is 16.6 Å². The first-order chi connectivity index (χ1) is 14.1. The molecule has 30 heavy (non-hydrogen) atoms. The molecular weight excluding hydrogens is 408 g/mol. The van der Waals surface area contributed by atoms with Crippen molar-refractivity contribution >= 4 is 28.2 Å². The molecule has 0 radical (unpaired) electrons. The van der Waals surface area contributed by atoms with Crippen molar-refractivity contribution in [3.05, 3.63) is 48.2 Å². The van der Waals surface area contributed by atoms with E-state index in [9.17, 15) is 4.79 Å². The summed E-state index contributed by atoms with van der Waals surface area (Å²) in [6.45, 7) is 4.49. The van der Waals surface area contributed by atoms with E-state index in [0.29, 0.717) is 35.1 Å². The maximum Gasteiger partial charge on any atom is 0.341 e. The molecule has 1 N–H and O–H groups in total. The van der Waals surface area contributed by atoms with Crippen LogP contribution in [0.5, 0.6) is 17.2 Å².